The van der Waals surface area contributed by atoms with Crippen molar-refractivity contribution in [2.24, 2.45) is 11.7 Å². The summed E-state index contributed by atoms with van der Waals surface area (Å²) in [6, 6.07) is 4.78. The molecule has 1 aliphatic heterocycles. The fourth-order valence-electron chi connectivity index (χ4n) is 3.49. The third-order valence-corrected chi connectivity index (χ3v) is 6.86. The molecular formula is C18H28ClN3O5S. The van der Waals surface area contributed by atoms with Gasteiger partial charge in [-0.25, -0.2) is 8.42 Å². The van der Waals surface area contributed by atoms with E-state index in [-0.39, 0.29) is 40.9 Å². The number of hydrogen-bond acceptors (Lipinski definition) is 6. The predicted molar refractivity (Wildman–Crippen MR) is 108 cm³/mol. The average Bonchev–Trinajstić information content (AvgIpc) is 3.10. The van der Waals surface area contributed by atoms with Crippen molar-refractivity contribution in [2.75, 3.05) is 38.2 Å². The van der Waals surface area contributed by atoms with Crippen LogP contribution in [0.5, 0.6) is 5.75 Å². The number of sulfonamides is 1. The van der Waals surface area contributed by atoms with Crippen molar-refractivity contribution in [3.8, 4) is 5.75 Å². The molecule has 1 amide bonds. The third kappa shape index (κ3) is 5.15. The van der Waals surface area contributed by atoms with Gasteiger partial charge >= 0.3 is 0 Å². The van der Waals surface area contributed by atoms with Gasteiger partial charge in [0.25, 0.3) is 0 Å². The molecule has 0 spiro atoms. The molecule has 1 heterocycles. The summed E-state index contributed by atoms with van der Waals surface area (Å²) in [5, 5.41) is 2.83. The smallest absolute Gasteiger partial charge is 0.246 e. The molecule has 8 nitrogen and oxygen atoms in total. The van der Waals surface area contributed by atoms with Gasteiger partial charge in [-0.1, -0.05) is 0 Å². The number of rotatable bonds is 6. The number of benzene rings is 1. The van der Waals surface area contributed by atoms with Crippen molar-refractivity contribution in [3.63, 3.8) is 0 Å². The van der Waals surface area contributed by atoms with E-state index in [0.29, 0.717) is 45.0 Å². The van der Waals surface area contributed by atoms with Gasteiger partial charge in [0, 0.05) is 30.7 Å². The number of anilines is 1. The quantitative estimate of drug-likeness (QED) is 0.704. The molecule has 3 N–H and O–H groups in total. The van der Waals surface area contributed by atoms with E-state index < -0.39 is 10.0 Å². The first-order valence-corrected chi connectivity index (χ1v) is 10.8. The molecule has 3 rings (SSSR count). The average molecular weight is 434 g/mol. The lowest BCUT2D eigenvalue weighted by Crippen LogP contribution is -2.40. The summed E-state index contributed by atoms with van der Waals surface area (Å²) in [6.07, 6.45) is 2.24. The van der Waals surface area contributed by atoms with Crippen LogP contribution < -0.4 is 15.8 Å². The Kier molecular flexibility index (Phi) is 8.08. The SMILES string of the molecule is CCOc1ccc(NC(=O)C2CCC(N)C2)cc1S(=O)(=O)N1CCOCC1.Cl. The highest BCUT2D eigenvalue weighted by atomic mass is 35.5. The van der Waals surface area contributed by atoms with Crippen LogP contribution in [0, 0.1) is 5.92 Å². The van der Waals surface area contributed by atoms with E-state index >= 15 is 0 Å². The van der Waals surface area contributed by atoms with Crippen molar-refractivity contribution in [1.82, 2.24) is 4.31 Å². The first kappa shape index (κ1) is 22.9. The molecule has 0 bridgehead atoms. The first-order chi connectivity index (χ1) is 12.9. The Morgan fingerprint density at radius 3 is 2.64 bits per heavy atom. The summed E-state index contributed by atoms with van der Waals surface area (Å²) in [7, 11) is -3.74. The summed E-state index contributed by atoms with van der Waals surface area (Å²) in [5.41, 5.74) is 6.32. The van der Waals surface area contributed by atoms with Crippen molar-refractivity contribution in [1.29, 1.82) is 0 Å². The minimum atomic E-state index is -3.74. The van der Waals surface area contributed by atoms with Gasteiger partial charge in [0.1, 0.15) is 10.6 Å². The van der Waals surface area contributed by atoms with Gasteiger partial charge < -0.3 is 20.5 Å². The van der Waals surface area contributed by atoms with Crippen LogP contribution in [0.2, 0.25) is 0 Å². The predicted octanol–water partition coefficient (Wildman–Crippen LogP) is 1.59. The molecule has 2 atom stereocenters. The molecule has 10 heteroatoms. The van der Waals surface area contributed by atoms with E-state index in [0.717, 1.165) is 12.8 Å². The molecule has 28 heavy (non-hydrogen) atoms. The second-order valence-corrected chi connectivity index (χ2v) is 8.78. The normalized spacial score (nSPS) is 23.1. The second-order valence-electron chi connectivity index (χ2n) is 6.87. The van der Waals surface area contributed by atoms with Crippen molar-refractivity contribution >= 4 is 34.0 Å². The zero-order valence-corrected chi connectivity index (χ0v) is 17.6. The molecule has 2 unspecified atom stereocenters. The summed E-state index contributed by atoms with van der Waals surface area (Å²) in [5.74, 6) is 0.0255. The largest absolute Gasteiger partial charge is 0.492 e. The van der Waals surface area contributed by atoms with Crippen LogP contribution in [-0.4, -0.2) is 57.6 Å². The summed E-state index contributed by atoms with van der Waals surface area (Å²) < 4.78 is 38.3. The Morgan fingerprint density at radius 1 is 1.32 bits per heavy atom. The zero-order valence-electron chi connectivity index (χ0n) is 15.9. The molecule has 158 valence electrons. The van der Waals surface area contributed by atoms with E-state index in [1.807, 2.05) is 0 Å². The van der Waals surface area contributed by atoms with Gasteiger partial charge in [0.2, 0.25) is 15.9 Å². The lowest BCUT2D eigenvalue weighted by atomic mass is 10.1. The lowest BCUT2D eigenvalue weighted by molar-refractivity contribution is -0.119. The summed E-state index contributed by atoms with van der Waals surface area (Å²) in [6.45, 7) is 3.46. The second kappa shape index (κ2) is 9.89. The Labute approximate surface area is 172 Å². The number of morpholine rings is 1. The number of carbonyl (C=O) groups excluding carboxylic acids is 1. The Morgan fingerprint density at radius 2 is 2.04 bits per heavy atom. The number of hydrogen-bond donors (Lipinski definition) is 2. The molecule has 0 aromatic heterocycles. The number of amides is 1. The monoisotopic (exact) mass is 433 g/mol. The Balaban J connectivity index is 0.00000280. The van der Waals surface area contributed by atoms with E-state index in [1.54, 1.807) is 19.1 Å². The highest BCUT2D eigenvalue weighted by Crippen LogP contribution is 2.31. The number of ether oxygens (including phenoxy) is 2. The van der Waals surface area contributed by atoms with Gasteiger partial charge in [-0.15, -0.1) is 12.4 Å². The van der Waals surface area contributed by atoms with Crippen molar-refractivity contribution in [3.05, 3.63) is 18.2 Å². The van der Waals surface area contributed by atoms with Crippen LogP contribution in [-0.2, 0) is 19.6 Å². The number of nitrogens with two attached hydrogens (primary N) is 1. The van der Waals surface area contributed by atoms with Crippen LogP contribution in [0.4, 0.5) is 5.69 Å². The topological polar surface area (TPSA) is 111 Å². The summed E-state index contributed by atoms with van der Waals surface area (Å²) in [4.78, 5) is 12.5. The highest BCUT2D eigenvalue weighted by molar-refractivity contribution is 7.89. The molecule has 1 aromatic carbocycles. The van der Waals surface area contributed by atoms with Gasteiger partial charge in [0.15, 0.2) is 0 Å². The van der Waals surface area contributed by atoms with Crippen molar-refractivity contribution < 1.29 is 22.7 Å². The number of halogens is 1. The first-order valence-electron chi connectivity index (χ1n) is 9.33. The fraction of sp³-hybridized carbons (Fsp3) is 0.611. The highest BCUT2D eigenvalue weighted by Gasteiger charge is 2.31. The number of carbonyl (C=O) groups is 1. The Hall–Kier alpha value is -1.39. The molecule has 1 aliphatic carbocycles. The standard InChI is InChI=1S/C18H27N3O5S.ClH/c1-2-26-16-6-5-15(20-18(22)13-3-4-14(19)11-13)12-17(16)27(23,24)21-7-9-25-10-8-21;/h5-6,12-14H,2-4,7-11,19H2,1H3,(H,20,22);1H. The van der Waals surface area contributed by atoms with Crippen molar-refractivity contribution in [2.45, 2.75) is 37.1 Å². The van der Waals surface area contributed by atoms with Gasteiger partial charge in [-0.05, 0) is 44.4 Å². The van der Waals surface area contributed by atoms with Crippen LogP contribution in [0.15, 0.2) is 23.1 Å². The molecule has 2 fully saturated rings. The molecule has 1 saturated carbocycles. The van der Waals surface area contributed by atoms with Crippen LogP contribution in [0.25, 0.3) is 0 Å². The third-order valence-electron chi connectivity index (χ3n) is 4.94. The molecule has 0 radical (unpaired) electrons. The van der Waals surface area contributed by atoms with Gasteiger partial charge in [0.05, 0.1) is 19.8 Å². The molecule has 1 saturated heterocycles. The van der Waals surface area contributed by atoms with E-state index in [4.69, 9.17) is 15.2 Å². The minimum Gasteiger partial charge on any atom is -0.492 e. The molecule has 1 aromatic rings. The van der Waals surface area contributed by atoms with E-state index in [1.165, 1.54) is 10.4 Å². The lowest BCUT2D eigenvalue weighted by Gasteiger charge is -2.27. The summed E-state index contributed by atoms with van der Waals surface area (Å²) >= 11 is 0. The maximum Gasteiger partial charge on any atom is 0.246 e. The van der Waals surface area contributed by atoms with Crippen LogP contribution in [0.3, 0.4) is 0 Å². The minimum absolute atomic E-state index is 0. The Bertz CT molecular complexity index is 783. The van der Waals surface area contributed by atoms with E-state index in [2.05, 4.69) is 5.32 Å². The maximum atomic E-state index is 13.1. The number of nitrogens with zero attached hydrogens (tertiary/aromatic N) is 1. The van der Waals surface area contributed by atoms with Gasteiger partial charge in [-0.3, -0.25) is 4.79 Å². The maximum absolute atomic E-state index is 13.1. The fourth-order valence-corrected chi connectivity index (χ4v) is 5.05. The van der Waals surface area contributed by atoms with Crippen LogP contribution in [0.1, 0.15) is 26.2 Å². The van der Waals surface area contributed by atoms with Gasteiger partial charge in [-0.2, -0.15) is 4.31 Å². The zero-order chi connectivity index (χ0) is 19.4. The van der Waals surface area contributed by atoms with E-state index in [9.17, 15) is 13.2 Å². The number of nitrogens with one attached hydrogen (secondary N) is 1. The van der Waals surface area contributed by atoms with Crippen LogP contribution >= 0.6 is 12.4 Å². The molecular weight excluding hydrogens is 406 g/mol. The molecule has 2 aliphatic rings.